The molecule has 0 amide bonds. The molecule has 1 fully saturated rings. The summed E-state index contributed by atoms with van der Waals surface area (Å²) in [7, 11) is 1.96. The Morgan fingerprint density at radius 1 is 1.35 bits per heavy atom. The summed E-state index contributed by atoms with van der Waals surface area (Å²) in [5.74, 6) is 1.23. The van der Waals surface area contributed by atoms with E-state index in [0.29, 0.717) is 5.92 Å². The van der Waals surface area contributed by atoms with Crippen molar-refractivity contribution in [2.24, 2.45) is 7.05 Å². The smallest absolute Gasteiger partial charge is 0.148 e. The molecule has 0 unspecified atom stereocenters. The third-order valence-electron chi connectivity index (χ3n) is 3.75. The molecule has 1 aromatic carbocycles. The Morgan fingerprint density at radius 2 is 2.06 bits per heavy atom. The first-order chi connectivity index (χ1) is 8.16. The van der Waals surface area contributed by atoms with E-state index < -0.39 is 0 Å². The monoisotopic (exact) mass is 233 g/mol. The van der Waals surface area contributed by atoms with Gasteiger partial charge in [-0.05, 0) is 18.9 Å². The summed E-state index contributed by atoms with van der Waals surface area (Å²) in [6, 6.07) is 3.11. The van der Waals surface area contributed by atoms with Crippen LogP contribution in [0.1, 0.15) is 37.4 Å². The van der Waals surface area contributed by atoms with Crippen LogP contribution in [-0.2, 0) is 7.05 Å². The largest absolute Gasteiger partial charge is 0.396 e. The van der Waals surface area contributed by atoms with Crippen molar-refractivity contribution in [2.75, 3.05) is 5.73 Å². The summed E-state index contributed by atoms with van der Waals surface area (Å²) in [6.07, 6.45) is 4.92. The van der Waals surface area contributed by atoms with Crippen LogP contribution in [0.2, 0.25) is 0 Å². The Hall–Kier alpha value is -1.58. The summed E-state index contributed by atoms with van der Waals surface area (Å²) in [4.78, 5) is 4.61. The van der Waals surface area contributed by atoms with E-state index >= 15 is 0 Å². The number of nitrogens with zero attached hydrogens (tertiary/aromatic N) is 2. The van der Waals surface area contributed by atoms with Crippen molar-refractivity contribution in [1.82, 2.24) is 9.55 Å². The summed E-state index contributed by atoms with van der Waals surface area (Å²) in [5, 5.41) is 0. The molecule has 1 heterocycles. The van der Waals surface area contributed by atoms with Gasteiger partial charge < -0.3 is 10.3 Å². The van der Waals surface area contributed by atoms with Crippen LogP contribution in [0.4, 0.5) is 10.1 Å². The Bertz CT molecular complexity index is 568. The van der Waals surface area contributed by atoms with Crippen molar-refractivity contribution in [3.8, 4) is 0 Å². The molecule has 1 saturated carbocycles. The third kappa shape index (κ3) is 1.59. The number of aromatic nitrogens is 2. The summed E-state index contributed by atoms with van der Waals surface area (Å²) in [6.45, 7) is 0. The first kappa shape index (κ1) is 10.6. The van der Waals surface area contributed by atoms with E-state index in [1.807, 2.05) is 11.6 Å². The van der Waals surface area contributed by atoms with E-state index in [9.17, 15) is 4.39 Å². The van der Waals surface area contributed by atoms with Crippen LogP contribution in [0.25, 0.3) is 11.0 Å². The number of hydrogen-bond donors (Lipinski definition) is 1. The Balaban J connectivity index is 2.17. The van der Waals surface area contributed by atoms with Gasteiger partial charge in [0.2, 0.25) is 0 Å². The molecule has 0 spiro atoms. The van der Waals surface area contributed by atoms with E-state index in [2.05, 4.69) is 4.98 Å². The van der Waals surface area contributed by atoms with Crippen LogP contribution >= 0.6 is 0 Å². The predicted octanol–water partition coefficient (Wildman–Crippen LogP) is 2.95. The average Bonchev–Trinajstić information content (AvgIpc) is 2.90. The minimum absolute atomic E-state index is 0.175. The normalized spacial score (nSPS) is 17.1. The van der Waals surface area contributed by atoms with E-state index in [1.165, 1.54) is 31.7 Å². The number of aryl methyl sites for hydroxylation is 1. The van der Waals surface area contributed by atoms with Gasteiger partial charge in [-0.15, -0.1) is 0 Å². The zero-order valence-corrected chi connectivity index (χ0v) is 9.91. The SMILES string of the molecule is Cn1c(C2CCCC2)nc2cc(N)c(F)cc21. The standard InChI is InChI=1S/C13H16FN3/c1-17-12-6-9(14)10(15)7-11(12)16-13(17)8-4-2-3-5-8/h6-8H,2-5,15H2,1H3. The van der Waals surface area contributed by atoms with E-state index in [4.69, 9.17) is 5.73 Å². The number of imidazole rings is 1. The lowest BCUT2D eigenvalue weighted by molar-refractivity contribution is 0.629. The van der Waals surface area contributed by atoms with Crippen LogP contribution in [-0.4, -0.2) is 9.55 Å². The van der Waals surface area contributed by atoms with Gasteiger partial charge in [0.25, 0.3) is 0 Å². The molecule has 2 N–H and O–H groups in total. The molecule has 0 saturated heterocycles. The van der Waals surface area contributed by atoms with Crippen molar-refractivity contribution in [2.45, 2.75) is 31.6 Å². The molecule has 3 rings (SSSR count). The highest BCUT2D eigenvalue weighted by Crippen LogP contribution is 2.35. The number of halogens is 1. The predicted molar refractivity (Wildman–Crippen MR) is 66.3 cm³/mol. The zero-order valence-electron chi connectivity index (χ0n) is 9.91. The quantitative estimate of drug-likeness (QED) is 0.769. The lowest BCUT2D eigenvalue weighted by atomic mass is 10.1. The number of benzene rings is 1. The van der Waals surface area contributed by atoms with Crippen LogP contribution in [0, 0.1) is 5.82 Å². The molecule has 1 aliphatic rings. The lowest BCUT2D eigenvalue weighted by Gasteiger charge is -2.08. The first-order valence-electron chi connectivity index (χ1n) is 6.08. The Kier molecular flexibility index (Phi) is 2.31. The van der Waals surface area contributed by atoms with Crippen LogP contribution < -0.4 is 5.73 Å². The van der Waals surface area contributed by atoms with Gasteiger partial charge in [-0.2, -0.15) is 0 Å². The maximum absolute atomic E-state index is 13.4. The van der Waals surface area contributed by atoms with E-state index in [-0.39, 0.29) is 11.5 Å². The minimum atomic E-state index is -0.363. The molecule has 4 heteroatoms. The molecular formula is C13H16FN3. The molecular weight excluding hydrogens is 217 g/mol. The maximum Gasteiger partial charge on any atom is 0.148 e. The van der Waals surface area contributed by atoms with Crippen LogP contribution in [0.15, 0.2) is 12.1 Å². The maximum atomic E-state index is 13.4. The Morgan fingerprint density at radius 3 is 2.76 bits per heavy atom. The highest BCUT2D eigenvalue weighted by molar-refractivity contribution is 5.80. The number of hydrogen-bond acceptors (Lipinski definition) is 2. The van der Waals surface area contributed by atoms with Gasteiger partial charge in [-0.3, -0.25) is 0 Å². The van der Waals surface area contributed by atoms with E-state index in [1.54, 1.807) is 6.07 Å². The Labute approximate surface area is 99.4 Å². The van der Waals surface area contributed by atoms with Gasteiger partial charge in [-0.1, -0.05) is 12.8 Å². The van der Waals surface area contributed by atoms with Crippen molar-refractivity contribution >= 4 is 16.7 Å². The number of nitrogen functional groups attached to an aromatic ring is 1. The minimum Gasteiger partial charge on any atom is -0.396 e. The molecule has 17 heavy (non-hydrogen) atoms. The van der Waals surface area contributed by atoms with Gasteiger partial charge >= 0.3 is 0 Å². The molecule has 1 aromatic heterocycles. The topological polar surface area (TPSA) is 43.8 Å². The fraction of sp³-hybridized carbons (Fsp3) is 0.462. The average molecular weight is 233 g/mol. The van der Waals surface area contributed by atoms with Gasteiger partial charge in [0.1, 0.15) is 11.6 Å². The second-order valence-corrected chi connectivity index (χ2v) is 4.87. The number of fused-ring (bicyclic) bond motifs is 1. The fourth-order valence-corrected chi connectivity index (χ4v) is 2.80. The number of rotatable bonds is 1. The van der Waals surface area contributed by atoms with Crippen molar-refractivity contribution in [3.63, 3.8) is 0 Å². The van der Waals surface area contributed by atoms with Crippen LogP contribution in [0.3, 0.4) is 0 Å². The second-order valence-electron chi connectivity index (χ2n) is 4.87. The highest BCUT2D eigenvalue weighted by atomic mass is 19.1. The molecule has 0 aliphatic heterocycles. The molecule has 2 aromatic rings. The highest BCUT2D eigenvalue weighted by Gasteiger charge is 2.22. The van der Waals surface area contributed by atoms with Gasteiger partial charge in [0, 0.05) is 19.0 Å². The lowest BCUT2D eigenvalue weighted by Crippen LogP contribution is -2.02. The number of nitrogens with two attached hydrogens (primary N) is 1. The van der Waals surface area contributed by atoms with Crippen LogP contribution in [0.5, 0.6) is 0 Å². The van der Waals surface area contributed by atoms with Gasteiger partial charge in [0.15, 0.2) is 0 Å². The zero-order chi connectivity index (χ0) is 12.0. The van der Waals surface area contributed by atoms with Gasteiger partial charge in [-0.25, -0.2) is 9.37 Å². The molecule has 0 atom stereocenters. The fourth-order valence-electron chi connectivity index (χ4n) is 2.80. The molecule has 1 aliphatic carbocycles. The summed E-state index contributed by atoms with van der Waals surface area (Å²) >= 11 is 0. The van der Waals surface area contributed by atoms with Crippen molar-refractivity contribution < 1.29 is 4.39 Å². The van der Waals surface area contributed by atoms with E-state index in [0.717, 1.165) is 16.9 Å². The summed E-state index contributed by atoms with van der Waals surface area (Å²) < 4.78 is 15.5. The van der Waals surface area contributed by atoms with Crippen molar-refractivity contribution in [3.05, 3.63) is 23.8 Å². The first-order valence-corrected chi connectivity index (χ1v) is 6.08. The molecule has 3 nitrogen and oxygen atoms in total. The molecule has 90 valence electrons. The third-order valence-corrected chi connectivity index (χ3v) is 3.75. The second kappa shape index (κ2) is 3.72. The van der Waals surface area contributed by atoms with Crippen molar-refractivity contribution in [1.29, 1.82) is 0 Å². The molecule has 0 radical (unpaired) electrons. The summed E-state index contributed by atoms with van der Waals surface area (Å²) in [5.41, 5.74) is 7.38. The molecule has 0 bridgehead atoms. The number of anilines is 1. The van der Waals surface area contributed by atoms with Gasteiger partial charge in [0.05, 0.1) is 16.7 Å².